The minimum Gasteiger partial charge on any atom is -0.508 e. The first-order valence-corrected chi connectivity index (χ1v) is 8.78. The fourth-order valence-corrected chi connectivity index (χ4v) is 3.56. The van der Waals surface area contributed by atoms with Gasteiger partial charge in [0.1, 0.15) is 11.4 Å². The number of benzene rings is 2. The summed E-state index contributed by atoms with van der Waals surface area (Å²) < 4.78 is 0. The summed E-state index contributed by atoms with van der Waals surface area (Å²) in [6, 6.07) is 11.6. The molecule has 0 spiro atoms. The van der Waals surface area contributed by atoms with Gasteiger partial charge in [0.15, 0.2) is 5.82 Å². The molecule has 2 aromatic carbocycles. The molecule has 0 amide bonds. The summed E-state index contributed by atoms with van der Waals surface area (Å²) in [7, 11) is 2.16. The Kier molecular flexibility index (Phi) is 3.36. The van der Waals surface area contributed by atoms with Gasteiger partial charge in [-0.15, -0.1) is 0 Å². The Hall–Kier alpha value is -3.06. The number of phenolic OH excluding ortho intramolecular Hbond substituents is 1. The summed E-state index contributed by atoms with van der Waals surface area (Å²) in [4.78, 5) is 12.9. The van der Waals surface area contributed by atoms with E-state index in [1.807, 2.05) is 6.07 Å². The second kappa shape index (κ2) is 5.74. The molecule has 1 fully saturated rings. The molecule has 0 saturated carbocycles. The Morgan fingerprint density at radius 3 is 2.69 bits per heavy atom. The molecule has 26 heavy (non-hydrogen) atoms. The second-order valence-corrected chi connectivity index (χ2v) is 6.88. The van der Waals surface area contributed by atoms with Crippen LogP contribution in [0.2, 0.25) is 0 Å². The molecule has 132 valence electrons. The lowest BCUT2D eigenvalue weighted by Crippen LogP contribution is -2.44. The van der Waals surface area contributed by atoms with Crippen LogP contribution in [0.15, 0.2) is 36.4 Å². The van der Waals surface area contributed by atoms with Crippen molar-refractivity contribution in [2.24, 2.45) is 0 Å². The molecule has 7 heteroatoms. The average molecular weight is 348 g/mol. The van der Waals surface area contributed by atoms with Crippen molar-refractivity contribution in [3.63, 3.8) is 0 Å². The van der Waals surface area contributed by atoms with Gasteiger partial charge in [-0.1, -0.05) is 0 Å². The molecule has 4 aromatic rings. The molecular formula is C19H20N6O. The van der Waals surface area contributed by atoms with E-state index >= 15 is 0 Å². The zero-order valence-corrected chi connectivity index (χ0v) is 14.5. The fraction of sp³-hybridized carbons (Fsp3) is 0.263. The number of rotatable bonds is 2. The molecule has 0 atom stereocenters. The highest BCUT2D eigenvalue weighted by Gasteiger charge is 2.17. The number of hydrogen-bond acceptors (Lipinski definition) is 5. The van der Waals surface area contributed by atoms with E-state index < -0.39 is 0 Å². The lowest BCUT2D eigenvalue weighted by Gasteiger charge is -2.34. The number of aromatic hydroxyl groups is 1. The zero-order chi connectivity index (χ0) is 17.7. The van der Waals surface area contributed by atoms with Gasteiger partial charge in [-0.25, -0.2) is 4.98 Å². The van der Waals surface area contributed by atoms with E-state index in [-0.39, 0.29) is 5.75 Å². The summed E-state index contributed by atoms with van der Waals surface area (Å²) >= 11 is 0. The van der Waals surface area contributed by atoms with Crippen molar-refractivity contribution in [1.82, 2.24) is 25.1 Å². The van der Waals surface area contributed by atoms with Crippen molar-refractivity contribution >= 4 is 27.6 Å². The van der Waals surface area contributed by atoms with Gasteiger partial charge in [0.05, 0.1) is 16.6 Å². The third kappa shape index (κ3) is 2.48. The predicted molar refractivity (Wildman–Crippen MR) is 103 cm³/mol. The van der Waals surface area contributed by atoms with Crippen LogP contribution in [-0.2, 0) is 0 Å². The van der Waals surface area contributed by atoms with Gasteiger partial charge in [0, 0.05) is 43.3 Å². The van der Waals surface area contributed by atoms with Gasteiger partial charge in [0.2, 0.25) is 0 Å². The highest BCUT2D eigenvalue weighted by atomic mass is 16.3. The van der Waals surface area contributed by atoms with Crippen molar-refractivity contribution in [1.29, 1.82) is 0 Å². The molecule has 2 aromatic heterocycles. The monoisotopic (exact) mass is 348 g/mol. The Labute approximate surface area is 150 Å². The largest absolute Gasteiger partial charge is 0.508 e. The molecule has 1 aliphatic heterocycles. The number of aromatic amines is 2. The van der Waals surface area contributed by atoms with Gasteiger partial charge >= 0.3 is 0 Å². The van der Waals surface area contributed by atoms with E-state index in [9.17, 15) is 5.11 Å². The van der Waals surface area contributed by atoms with Crippen LogP contribution >= 0.6 is 0 Å². The first kappa shape index (κ1) is 15.2. The van der Waals surface area contributed by atoms with Crippen LogP contribution in [0.3, 0.4) is 0 Å². The SMILES string of the molecule is CN1CCN(c2ccc3[nH]c(-c4n[nH]c5cc(O)ccc45)nc3c2)CC1. The van der Waals surface area contributed by atoms with E-state index in [1.54, 1.807) is 12.1 Å². The number of nitrogens with zero attached hydrogens (tertiary/aromatic N) is 4. The van der Waals surface area contributed by atoms with Crippen LogP contribution in [-0.4, -0.2) is 63.4 Å². The van der Waals surface area contributed by atoms with Crippen LogP contribution in [0.25, 0.3) is 33.5 Å². The van der Waals surface area contributed by atoms with Crippen molar-refractivity contribution < 1.29 is 5.11 Å². The molecule has 0 radical (unpaired) electrons. The Morgan fingerprint density at radius 2 is 1.85 bits per heavy atom. The number of likely N-dealkylation sites (N-methyl/N-ethyl adjacent to an activating group) is 1. The highest BCUT2D eigenvalue weighted by Crippen LogP contribution is 2.29. The molecule has 0 unspecified atom stereocenters. The van der Waals surface area contributed by atoms with Crippen molar-refractivity contribution in [2.45, 2.75) is 0 Å². The zero-order valence-electron chi connectivity index (χ0n) is 14.5. The van der Waals surface area contributed by atoms with Crippen molar-refractivity contribution in [3.8, 4) is 17.3 Å². The summed E-state index contributed by atoms with van der Waals surface area (Å²) in [5.74, 6) is 0.946. The molecule has 3 N–H and O–H groups in total. The minimum atomic E-state index is 0.217. The maximum atomic E-state index is 9.62. The molecule has 5 rings (SSSR count). The molecule has 0 aliphatic carbocycles. The van der Waals surface area contributed by atoms with Gasteiger partial charge < -0.3 is 19.9 Å². The standard InChI is InChI=1S/C19H20N6O/c1-24-6-8-25(9-7-24)12-2-5-15-17(10-12)21-19(20-15)18-14-4-3-13(26)11-16(14)22-23-18/h2-5,10-11,26H,6-9H2,1H3,(H,20,21)(H,22,23). The third-order valence-electron chi connectivity index (χ3n) is 5.11. The molecule has 7 nitrogen and oxygen atoms in total. The minimum absolute atomic E-state index is 0.217. The van der Waals surface area contributed by atoms with E-state index in [0.29, 0.717) is 0 Å². The maximum absolute atomic E-state index is 9.62. The number of fused-ring (bicyclic) bond motifs is 2. The third-order valence-corrected chi connectivity index (χ3v) is 5.11. The predicted octanol–water partition coefficient (Wildman–Crippen LogP) is 2.56. The molecule has 1 aliphatic rings. The summed E-state index contributed by atoms with van der Waals surface area (Å²) in [5, 5.41) is 17.9. The first-order chi connectivity index (χ1) is 12.7. The van der Waals surface area contributed by atoms with Crippen molar-refractivity contribution in [2.75, 3.05) is 38.1 Å². The number of aromatic nitrogens is 4. The first-order valence-electron chi connectivity index (χ1n) is 8.78. The van der Waals surface area contributed by atoms with E-state index in [4.69, 9.17) is 4.98 Å². The number of imidazole rings is 1. The summed E-state index contributed by atoms with van der Waals surface area (Å²) in [6.07, 6.45) is 0. The number of anilines is 1. The smallest absolute Gasteiger partial charge is 0.159 e. The summed E-state index contributed by atoms with van der Waals surface area (Å²) in [5.41, 5.74) is 4.69. The van der Waals surface area contributed by atoms with Gasteiger partial charge in [-0.2, -0.15) is 5.10 Å². The van der Waals surface area contributed by atoms with E-state index in [0.717, 1.165) is 59.6 Å². The van der Waals surface area contributed by atoms with Crippen molar-refractivity contribution in [3.05, 3.63) is 36.4 Å². The van der Waals surface area contributed by atoms with Gasteiger partial charge in [-0.3, -0.25) is 5.10 Å². The quantitative estimate of drug-likeness (QED) is 0.518. The van der Waals surface area contributed by atoms with Gasteiger partial charge in [-0.05, 0) is 37.4 Å². The topological polar surface area (TPSA) is 84.1 Å². The molecule has 3 heterocycles. The molecule has 1 saturated heterocycles. The van der Waals surface area contributed by atoms with Gasteiger partial charge in [0.25, 0.3) is 0 Å². The Morgan fingerprint density at radius 1 is 1.00 bits per heavy atom. The second-order valence-electron chi connectivity index (χ2n) is 6.88. The number of phenols is 1. The Balaban J connectivity index is 1.53. The van der Waals surface area contributed by atoms with Crippen LogP contribution in [0.1, 0.15) is 0 Å². The van der Waals surface area contributed by atoms with E-state index in [2.05, 4.69) is 50.2 Å². The number of piperazine rings is 1. The van der Waals surface area contributed by atoms with E-state index in [1.165, 1.54) is 5.69 Å². The lowest BCUT2D eigenvalue weighted by molar-refractivity contribution is 0.313. The average Bonchev–Trinajstić information content (AvgIpc) is 3.24. The fourth-order valence-electron chi connectivity index (χ4n) is 3.56. The van der Waals surface area contributed by atoms with Crippen LogP contribution in [0.5, 0.6) is 5.75 Å². The number of hydrogen-bond donors (Lipinski definition) is 3. The number of H-pyrrole nitrogens is 2. The summed E-state index contributed by atoms with van der Waals surface area (Å²) in [6.45, 7) is 4.23. The normalized spacial score (nSPS) is 16.0. The van der Waals surface area contributed by atoms with Crippen LogP contribution < -0.4 is 4.90 Å². The number of nitrogens with one attached hydrogen (secondary N) is 2. The molecule has 0 bridgehead atoms. The Bertz CT molecular complexity index is 1090. The highest BCUT2D eigenvalue weighted by molar-refractivity contribution is 5.94. The molecular weight excluding hydrogens is 328 g/mol. The van der Waals surface area contributed by atoms with Crippen LogP contribution in [0.4, 0.5) is 5.69 Å². The lowest BCUT2D eigenvalue weighted by atomic mass is 10.2. The van der Waals surface area contributed by atoms with Crippen LogP contribution in [0, 0.1) is 0 Å². The maximum Gasteiger partial charge on any atom is 0.159 e.